The second-order valence-electron chi connectivity index (χ2n) is 4.12. The normalized spacial score (nSPS) is 10.6. The van der Waals surface area contributed by atoms with Gasteiger partial charge in [-0.25, -0.2) is 4.79 Å². The minimum Gasteiger partial charge on any atom is -0.493 e. The Morgan fingerprint density at radius 3 is 2.55 bits per heavy atom. The van der Waals surface area contributed by atoms with Crippen LogP contribution >= 0.6 is 0 Å². The molecule has 0 saturated heterocycles. The summed E-state index contributed by atoms with van der Waals surface area (Å²) in [6, 6.07) is 5.05. The third-order valence-corrected chi connectivity index (χ3v) is 2.96. The van der Waals surface area contributed by atoms with Crippen LogP contribution in [0.4, 0.5) is 0 Å². The lowest BCUT2D eigenvalue weighted by atomic mass is 10.2. The monoisotopic (exact) mass is 279 g/mol. The molecule has 2 rings (SSSR count). The zero-order valence-corrected chi connectivity index (χ0v) is 11.4. The summed E-state index contributed by atoms with van der Waals surface area (Å²) in [4.78, 5) is 12.2. The highest BCUT2D eigenvalue weighted by Crippen LogP contribution is 2.29. The van der Waals surface area contributed by atoms with Crippen LogP contribution in [0.15, 0.2) is 29.2 Å². The Hall–Kier alpha value is -2.41. The van der Waals surface area contributed by atoms with E-state index >= 15 is 0 Å². The van der Waals surface area contributed by atoms with E-state index in [9.17, 15) is 9.90 Å². The lowest BCUT2D eigenvalue weighted by Gasteiger charge is -2.09. The van der Waals surface area contributed by atoms with Crippen molar-refractivity contribution in [1.82, 2.24) is 9.13 Å². The average Bonchev–Trinajstić information content (AvgIpc) is 2.75. The Morgan fingerprint density at radius 2 is 1.95 bits per heavy atom. The van der Waals surface area contributed by atoms with Crippen LogP contribution in [-0.2, 0) is 6.54 Å². The van der Waals surface area contributed by atoms with E-state index in [0.29, 0.717) is 17.2 Å². The molecule has 1 aromatic carbocycles. The molecule has 1 aromatic heterocycles. The molecule has 3 N–H and O–H groups in total. The first-order valence-corrected chi connectivity index (χ1v) is 6.06. The Balaban J connectivity index is 2.52. The van der Waals surface area contributed by atoms with Crippen LogP contribution < -0.4 is 20.9 Å². The summed E-state index contributed by atoms with van der Waals surface area (Å²) < 4.78 is 12.9. The maximum Gasteiger partial charge on any atom is 0.335 e. The average molecular weight is 279 g/mol. The summed E-state index contributed by atoms with van der Waals surface area (Å²) in [5.74, 6) is 0.938. The molecule has 0 saturated carbocycles. The zero-order chi connectivity index (χ0) is 14.7. The third-order valence-electron chi connectivity index (χ3n) is 2.96. The van der Waals surface area contributed by atoms with Gasteiger partial charge in [0, 0.05) is 19.2 Å². The van der Waals surface area contributed by atoms with Crippen molar-refractivity contribution >= 4 is 0 Å². The van der Waals surface area contributed by atoms with Crippen molar-refractivity contribution in [2.24, 2.45) is 5.73 Å². The van der Waals surface area contributed by atoms with Crippen molar-refractivity contribution in [2.75, 3.05) is 20.8 Å². The number of imidazole rings is 1. The molecular formula is C13H17N3O4. The van der Waals surface area contributed by atoms with E-state index in [1.807, 2.05) is 0 Å². The summed E-state index contributed by atoms with van der Waals surface area (Å²) in [6.07, 6.45) is 1.35. The number of aromatic hydroxyl groups is 1. The quantitative estimate of drug-likeness (QED) is 0.822. The fourth-order valence-corrected chi connectivity index (χ4v) is 1.97. The van der Waals surface area contributed by atoms with E-state index in [2.05, 4.69) is 0 Å². The van der Waals surface area contributed by atoms with Gasteiger partial charge in [-0.15, -0.1) is 0 Å². The molecule has 0 spiro atoms. The molecule has 1 heterocycles. The number of aromatic nitrogens is 2. The third kappa shape index (κ3) is 2.35. The molecule has 2 aromatic rings. The molecule has 7 nitrogen and oxygen atoms in total. The van der Waals surface area contributed by atoms with Gasteiger partial charge in [0.25, 0.3) is 0 Å². The van der Waals surface area contributed by atoms with E-state index in [1.54, 1.807) is 18.2 Å². The number of nitrogens with two attached hydrogens (primary N) is 1. The first-order chi connectivity index (χ1) is 9.62. The molecule has 0 aliphatic carbocycles. The molecule has 20 heavy (non-hydrogen) atoms. The SMILES string of the molecule is COc1ccc(-n2cc(O)n(CCN)c2=O)cc1OC. The smallest absolute Gasteiger partial charge is 0.335 e. The van der Waals surface area contributed by atoms with Gasteiger partial charge in [-0.3, -0.25) is 9.13 Å². The zero-order valence-electron chi connectivity index (χ0n) is 11.4. The Bertz CT molecular complexity index is 660. The second-order valence-corrected chi connectivity index (χ2v) is 4.12. The van der Waals surface area contributed by atoms with Gasteiger partial charge in [0.1, 0.15) is 0 Å². The lowest BCUT2D eigenvalue weighted by molar-refractivity contribution is 0.355. The van der Waals surface area contributed by atoms with Gasteiger partial charge in [-0.1, -0.05) is 0 Å². The van der Waals surface area contributed by atoms with Crippen molar-refractivity contribution in [3.63, 3.8) is 0 Å². The summed E-state index contributed by atoms with van der Waals surface area (Å²) in [7, 11) is 3.05. The highest BCUT2D eigenvalue weighted by atomic mass is 16.5. The van der Waals surface area contributed by atoms with Crippen molar-refractivity contribution in [3.05, 3.63) is 34.9 Å². The highest BCUT2D eigenvalue weighted by molar-refractivity contribution is 5.49. The van der Waals surface area contributed by atoms with Gasteiger partial charge in [0.15, 0.2) is 11.5 Å². The number of hydrogen-bond donors (Lipinski definition) is 2. The minimum atomic E-state index is -0.361. The number of hydrogen-bond acceptors (Lipinski definition) is 5. The summed E-state index contributed by atoms with van der Waals surface area (Å²) in [6.45, 7) is 0.522. The van der Waals surface area contributed by atoms with Crippen LogP contribution in [0.2, 0.25) is 0 Å². The summed E-state index contributed by atoms with van der Waals surface area (Å²) >= 11 is 0. The number of methoxy groups -OCH3 is 2. The predicted molar refractivity (Wildman–Crippen MR) is 73.9 cm³/mol. The van der Waals surface area contributed by atoms with Crippen LogP contribution in [0.25, 0.3) is 5.69 Å². The Morgan fingerprint density at radius 1 is 1.25 bits per heavy atom. The van der Waals surface area contributed by atoms with Crippen molar-refractivity contribution in [2.45, 2.75) is 6.54 Å². The van der Waals surface area contributed by atoms with Gasteiger partial charge in [-0.2, -0.15) is 0 Å². The maximum absolute atomic E-state index is 12.2. The molecule has 0 bridgehead atoms. The van der Waals surface area contributed by atoms with Crippen LogP contribution in [-0.4, -0.2) is 35.0 Å². The van der Waals surface area contributed by atoms with Crippen LogP contribution in [0, 0.1) is 0 Å². The molecule has 0 aliphatic rings. The van der Waals surface area contributed by atoms with Gasteiger partial charge in [-0.05, 0) is 12.1 Å². The molecule has 7 heteroatoms. The van der Waals surface area contributed by atoms with Crippen LogP contribution in [0.1, 0.15) is 0 Å². The molecule has 0 atom stereocenters. The minimum absolute atomic E-state index is 0.129. The number of nitrogens with zero attached hydrogens (tertiary/aromatic N) is 2. The fraction of sp³-hybridized carbons (Fsp3) is 0.308. The molecular weight excluding hydrogens is 262 g/mol. The van der Waals surface area contributed by atoms with Crippen molar-refractivity contribution in [3.8, 4) is 23.1 Å². The molecule has 0 aliphatic heterocycles. The lowest BCUT2D eigenvalue weighted by Crippen LogP contribution is -2.25. The summed E-state index contributed by atoms with van der Waals surface area (Å²) in [5.41, 5.74) is 5.62. The van der Waals surface area contributed by atoms with E-state index in [-0.39, 0.29) is 24.7 Å². The number of rotatable bonds is 5. The molecule has 0 radical (unpaired) electrons. The van der Waals surface area contributed by atoms with E-state index < -0.39 is 0 Å². The topological polar surface area (TPSA) is 91.6 Å². The number of ether oxygens (including phenoxy) is 2. The van der Waals surface area contributed by atoms with Gasteiger partial charge in [0.05, 0.1) is 26.1 Å². The maximum atomic E-state index is 12.2. The van der Waals surface area contributed by atoms with Crippen molar-refractivity contribution < 1.29 is 14.6 Å². The molecule has 0 unspecified atom stereocenters. The van der Waals surface area contributed by atoms with Gasteiger partial charge in [0.2, 0.25) is 5.88 Å². The molecule has 108 valence electrons. The standard InChI is InChI=1S/C13H17N3O4/c1-19-10-4-3-9(7-11(10)20-2)16-8-12(17)15(6-5-14)13(16)18/h3-4,7-8,17H,5-6,14H2,1-2H3. The van der Waals surface area contributed by atoms with E-state index in [1.165, 1.54) is 29.6 Å². The fourth-order valence-electron chi connectivity index (χ4n) is 1.97. The summed E-state index contributed by atoms with van der Waals surface area (Å²) in [5, 5.41) is 9.76. The number of benzene rings is 1. The first-order valence-electron chi connectivity index (χ1n) is 6.06. The molecule has 0 amide bonds. The second kappa shape index (κ2) is 5.70. The molecule has 0 fully saturated rings. The highest BCUT2D eigenvalue weighted by Gasteiger charge is 2.13. The van der Waals surface area contributed by atoms with Crippen LogP contribution in [0.3, 0.4) is 0 Å². The van der Waals surface area contributed by atoms with Crippen molar-refractivity contribution in [1.29, 1.82) is 0 Å². The largest absolute Gasteiger partial charge is 0.493 e. The Labute approximate surface area is 115 Å². The van der Waals surface area contributed by atoms with E-state index in [0.717, 1.165) is 0 Å². The van der Waals surface area contributed by atoms with Crippen LogP contribution in [0.5, 0.6) is 17.4 Å². The van der Waals surface area contributed by atoms with E-state index in [4.69, 9.17) is 15.2 Å². The first kappa shape index (κ1) is 14.0. The van der Waals surface area contributed by atoms with Gasteiger partial charge < -0.3 is 20.3 Å². The Kier molecular flexibility index (Phi) is 3.99. The van der Waals surface area contributed by atoms with Gasteiger partial charge >= 0.3 is 5.69 Å². The predicted octanol–water partition coefficient (Wildman–Crippen LogP) is 0.320.